The molecule has 0 unspecified atom stereocenters. The Balaban J connectivity index is 2.55. The summed E-state index contributed by atoms with van der Waals surface area (Å²) in [6.07, 6.45) is 3.60. The van der Waals surface area contributed by atoms with Crippen LogP contribution in [0.3, 0.4) is 0 Å². The molecule has 0 fully saturated rings. The molecule has 0 radical (unpaired) electrons. The average Bonchev–Trinajstić information content (AvgIpc) is 2.71. The molecule has 0 aromatic carbocycles. The third-order valence-corrected chi connectivity index (χ3v) is 2.78. The highest BCUT2D eigenvalue weighted by atomic mass is 16.5. The number of fused-ring (bicyclic) bond motifs is 1. The Morgan fingerprint density at radius 2 is 2.17 bits per heavy atom. The van der Waals surface area contributed by atoms with Crippen LogP contribution in [0.1, 0.15) is 43.7 Å². The molecule has 2 aromatic rings. The number of hydrogen-bond donors (Lipinski definition) is 0. The number of pyridine rings is 1. The standard InChI is InChI=1S/C14H18N2O2/c1-5-18-13(17)11-9-16-8-6-7-10(12(16)15-11)14(2,3)4/h6-9H,5H2,1-4H3. The maximum absolute atomic E-state index is 11.7. The molecular weight excluding hydrogens is 228 g/mol. The number of esters is 1. The third kappa shape index (κ3) is 2.23. The first-order valence-electron chi connectivity index (χ1n) is 6.09. The van der Waals surface area contributed by atoms with Gasteiger partial charge in [-0.2, -0.15) is 0 Å². The summed E-state index contributed by atoms with van der Waals surface area (Å²) in [5.74, 6) is -0.374. The highest BCUT2D eigenvalue weighted by Gasteiger charge is 2.20. The van der Waals surface area contributed by atoms with Crippen LogP contribution in [0.5, 0.6) is 0 Å². The lowest BCUT2D eigenvalue weighted by molar-refractivity contribution is 0.0520. The number of imidazole rings is 1. The lowest BCUT2D eigenvalue weighted by atomic mass is 9.88. The molecular formula is C14H18N2O2. The molecule has 18 heavy (non-hydrogen) atoms. The van der Waals surface area contributed by atoms with Crippen molar-refractivity contribution in [3.8, 4) is 0 Å². The molecule has 2 aromatic heterocycles. The molecule has 0 aliphatic carbocycles. The van der Waals surface area contributed by atoms with Crippen molar-refractivity contribution in [3.05, 3.63) is 35.8 Å². The van der Waals surface area contributed by atoms with E-state index in [2.05, 4.69) is 25.8 Å². The summed E-state index contributed by atoms with van der Waals surface area (Å²) in [5, 5.41) is 0. The van der Waals surface area contributed by atoms with Gasteiger partial charge in [0.05, 0.1) is 6.61 Å². The van der Waals surface area contributed by atoms with E-state index in [0.717, 1.165) is 11.2 Å². The Morgan fingerprint density at radius 3 is 2.78 bits per heavy atom. The highest BCUT2D eigenvalue weighted by molar-refractivity contribution is 5.88. The van der Waals surface area contributed by atoms with Crippen LogP contribution in [-0.2, 0) is 10.2 Å². The molecule has 2 heterocycles. The minimum absolute atomic E-state index is 0.0141. The molecule has 0 spiro atoms. The van der Waals surface area contributed by atoms with E-state index in [-0.39, 0.29) is 11.4 Å². The summed E-state index contributed by atoms with van der Waals surface area (Å²) in [7, 11) is 0. The van der Waals surface area contributed by atoms with Crippen molar-refractivity contribution < 1.29 is 9.53 Å². The van der Waals surface area contributed by atoms with Crippen molar-refractivity contribution in [1.29, 1.82) is 0 Å². The van der Waals surface area contributed by atoms with Crippen molar-refractivity contribution in [2.45, 2.75) is 33.1 Å². The van der Waals surface area contributed by atoms with Crippen molar-refractivity contribution in [2.24, 2.45) is 0 Å². The first kappa shape index (κ1) is 12.6. The van der Waals surface area contributed by atoms with Crippen LogP contribution < -0.4 is 0 Å². The summed E-state index contributed by atoms with van der Waals surface area (Å²) in [6, 6.07) is 4.00. The Morgan fingerprint density at radius 1 is 1.44 bits per heavy atom. The summed E-state index contributed by atoms with van der Waals surface area (Å²) in [4.78, 5) is 16.1. The second-order valence-electron chi connectivity index (χ2n) is 5.25. The van der Waals surface area contributed by atoms with Gasteiger partial charge in [-0.1, -0.05) is 26.8 Å². The second kappa shape index (κ2) is 4.44. The first-order chi connectivity index (χ1) is 8.43. The summed E-state index contributed by atoms with van der Waals surface area (Å²) < 4.78 is 6.84. The number of ether oxygens (including phenoxy) is 1. The number of carbonyl (C=O) groups excluding carboxylic acids is 1. The van der Waals surface area contributed by atoms with E-state index in [9.17, 15) is 4.79 Å². The Kier molecular flexibility index (Phi) is 3.11. The zero-order valence-electron chi connectivity index (χ0n) is 11.2. The molecule has 0 N–H and O–H groups in total. The first-order valence-corrected chi connectivity index (χ1v) is 6.09. The molecule has 0 saturated heterocycles. The van der Waals surface area contributed by atoms with E-state index in [4.69, 9.17) is 4.74 Å². The van der Waals surface area contributed by atoms with E-state index in [1.807, 2.05) is 22.7 Å². The van der Waals surface area contributed by atoms with Crippen LogP contribution >= 0.6 is 0 Å². The topological polar surface area (TPSA) is 43.6 Å². The number of aromatic nitrogens is 2. The van der Waals surface area contributed by atoms with Gasteiger partial charge in [0.1, 0.15) is 5.65 Å². The SMILES string of the molecule is CCOC(=O)c1cn2cccc(C(C)(C)C)c2n1. The van der Waals surface area contributed by atoms with Gasteiger partial charge in [0.15, 0.2) is 5.69 Å². The molecule has 0 aliphatic rings. The van der Waals surface area contributed by atoms with Crippen molar-refractivity contribution in [1.82, 2.24) is 9.38 Å². The van der Waals surface area contributed by atoms with Crippen LogP contribution in [0.15, 0.2) is 24.5 Å². The number of rotatable bonds is 2. The average molecular weight is 246 g/mol. The second-order valence-corrected chi connectivity index (χ2v) is 5.25. The van der Waals surface area contributed by atoms with Gasteiger partial charge in [0.2, 0.25) is 0 Å². The van der Waals surface area contributed by atoms with Gasteiger partial charge < -0.3 is 9.14 Å². The highest BCUT2D eigenvalue weighted by Crippen LogP contribution is 2.26. The normalized spacial score (nSPS) is 11.8. The third-order valence-electron chi connectivity index (χ3n) is 2.78. The minimum atomic E-state index is -0.374. The Labute approximate surface area is 107 Å². The van der Waals surface area contributed by atoms with Crippen LogP contribution in [0.25, 0.3) is 5.65 Å². The maximum atomic E-state index is 11.7. The molecule has 96 valence electrons. The van der Waals surface area contributed by atoms with Gasteiger partial charge in [0.25, 0.3) is 0 Å². The van der Waals surface area contributed by atoms with Crippen LogP contribution in [0, 0.1) is 0 Å². The quantitative estimate of drug-likeness (QED) is 0.765. The fourth-order valence-electron chi connectivity index (χ4n) is 1.90. The number of hydrogen-bond acceptors (Lipinski definition) is 3. The van der Waals surface area contributed by atoms with Gasteiger partial charge in [-0.15, -0.1) is 0 Å². The predicted molar refractivity (Wildman–Crippen MR) is 69.8 cm³/mol. The molecule has 0 saturated carbocycles. The molecule has 2 rings (SSSR count). The molecule has 4 nitrogen and oxygen atoms in total. The van der Waals surface area contributed by atoms with Crippen LogP contribution in [-0.4, -0.2) is 22.0 Å². The molecule has 0 amide bonds. The summed E-state index contributed by atoms with van der Waals surface area (Å²) >= 11 is 0. The fraction of sp³-hybridized carbons (Fsp3) is 0.429. The van der Waals surface area contributed by atoms with Gasteiger partial charge >= 0.3 is 5.97 Å². The summed E-state index contributed by atoms with van der Waals surface area (Å²) in [5.41, 5.74) is 2.27. The number of nitrogens with zero attached hydrogens (tertiary/aromatic N) is 2. The lowest BCUT2D eigenvalue weighted by Gasteiger charge is -2.19. The zero-order valence-corrected chi connectivity index (χ0v) is 11.2. The van der Waals surface area contributed by atoms with Gasteiger partial charge in [-0.3, -0.25) is 0 Å². The predicted octanol–water partition coefficient (Wildman–Crippen LogP) is 2.81. The van der Waals surface area contributed by atoms with E-state index < -0.39 is 0 Å². The fourth-order valence-corrected chi connectivity index (χ4v) is 1.90. The summed E-state index contributed by atoms with van der Waals surface area (Å²) in [6.45, 7) is 8.52. The van der Waals surface area contributed by atoms with Crippen molar-refractivity contribution in [3.63, 3.8) is 0 Å². The Bertz CT molecular complexity index is 579. The van der Waals surface area contributed by atoms with E-state index in [1.165, 1.54) is 0 Å². The zero-order chi connectivity index (χ0) is 13.3. The smallest absolute Gasteiger partial charge is 0.358 e. The van der Waals surface area contributed by atoms with Crippen molar-refractivity contribution in [2.75, 3.05) is 6.61 Å². The lowest BCUT2D eigenvalue weighted by Crippen LogP contribution is -2.12. The minimum Gasteiger partial charge on any atom is -0.461 e. The molecule has 0 atom stereocenters. The van der Waals surface area contributed by atoms with Crippen LogP contribution in [0.4, 0.5) is 0 Å². The van der Waals surface area contributed by atoms with Gasteiger partial charge in [-0.05, 0) is 18.4 Å². The van der Waals surface area contributed by atoms with E-state index >= 15 is 0 Å². The molecule has 0 bridgehead atoms. The van der Waals surface area contributed by atoms with Gasteiger partial charge in [-0.25, -0.2) is 9.78 Å². The monoisotopic (exact) mass is 246 g/mol. The number of carbonyl (C=O) groups is 1. The Hall–Kier alpha value is -1.84. The van der Waals surface area contributed by atoms with Gasteiger partial charge in [0, 0.05) is 18.0 Å². The maximum Gasteiger partial charge on any atom is 0.358 e. The van der Waals surface area contributed by atoms with Crippen molar-refractivity contribution >= 4 is 11.6 Å². The van der Waals surface area contributed by atoms with Crippen LogP contribution in [0.2, 0.25) is 0 Å². The largest absolute Gasteiger partial charge is 0.461 e. The molecule has 4 heteroatoms. The van der Waals surface area contributed by atoms with E-state index in [0.29, 0.717) is 12.3 Å². The van der Waals surface area contributed by atoms with E-state index in [1.54, 1.807) is 13.1 Å². The molecule has 0 aliphatic heterocycles.